The summed E-state index contributed by atoms with van der Waals surface area (Å²) in [5, 5.41) is 0.717. The number of fused-ring (bicyclic) bond motifs is 1. The molecule has 0 saturated carbocycles. The Balaban J connectivity index is 1.94. The maximum Gasteiger partial charge on any atom is 0.259 e. The number of carbonyl (C=O) groups is 1. The minimum absolute atomic E-state index is 0.0738. The van der Waals surface area contributed by atoms with Crippen LogP contribution in [0.5, 0.6) is 0 Å². The van der Waals surface area contributed by atoms with Crippen molar-refractivity contribution in [3.63, 3.8) is 0 Å². The van der Waals surface area contributed by atoms with Gasteiger partial charge < -0.3 is 4.98 Å². The molecule has 0 spiro atoms. The van der Waals surface area contributed by atoms with E-state index in [1.165, 1.54) is 11.3 Å². The van der Waals surface area contributed by atoms with Crippen molar-refractivity contribution in [3.05, 3.63) is 40.7 Å². The van der Waals surface area contributed by atoms with E-state index in [9.17, 15) is 4.79 Å². The molecule has 0 aliphatic rings. The van der Waals surface area contributed by atoms with Crippen molar-refractivity contribution >= 4 is 33.4 Å². The SMILES string of the molecule is Cc1nc(N(C)C(=O)c2ccc3nc[nH]c3c2)sc1C. The zero-order chi connectivity index (χ0) is 14.3. The normalized spacial score (nSPS) is 10.9. The van der Waals surface area contributed by atoms with Crippen LogP contribution in [0.4, 0.5) is 5.13 Å². The maximum absolute atomic E-state index is 12.5. The third-order valence-electron chi connectivity index (χ3n) is 3.28. The van der Waals surface area contributed by atoms with Gasteiger partial charge in [-0.1, -0.05) is 0 Å². The largest absolute Gasteiger partial charge is 0.345 e. The summed E-state index contributed by atoms with van der Waals surface area (Å²) < 4.78 is 0. The molecule has 1 N–H and O–H groups in total. The third-order valence-corrected chi connectivity index (χ3v) is 4.43. The average Bonchev–Trinajstić information content (AvgIpc) is 3.03. The summed E-state index contributed by atoms with van der Waals surface area (Å²) in [6.07, 6.45) is 1.62. The highest BCUT2D eigenvalue weighted by Crippen LogP contribution is 2.25. The van der Waals surface area contributed by atoms with Crippen LogP contribution in [0.25, 0.3) is 11.0 Å². The molecule has 3 rings (SSSR count). The molecule has 2 aromatic heterocycles. The minimum atomic E-state index is -0.0738. The number of benzene rings is 1. The molecule has 0 aliphatic heterocycles. The number of amides is 1. The summed E-state index contributed by atoms with van der Waals surface area (Å²) in [6.45, 7) is 3.95. The van der Waals surface area contributed by atoms with Gasteiger partial charge in [0.2, 0.25) is 0 Å². The second kappa shape index (κ2) is 4.72. The zero-order valence-corrected chi connectivity index (χ0v) is 12.3. The van der Waals surface area contributed by atoms with E-state index >= 15 is 0 Å². The van der Waals surface area contributed by atoms with Gasteiger partial charge >= 0.3 is 0 Å². The molecule has 2 heterocycles. The molecule has 1 amide bonds. The van der Waals surface area contributed by atoms with Crippen LogP contribution in [0.15, 0.2) is 24.5 Å². The van der Waals surface area contributed by atoms with Crippen molar-refractivity contribution in [1.82, 2.24) is 15.0 Å². The lowest BCUT2D eigenvalue weighted by atomic mass is 10.2. The van der Waals surface area contributed by atoms with Gasteiger partial charge in [0.15, 0.2) is 5.13 Å². The van der Waals surface area contributed by atoms with E-state index in [0.717, 1.165) is 26.7 Å². The zero-order valence-electron chi connectivity index (χ0n) is 11.5. The van der Waals surface area contributed by atoms with Crippen molar-refractivity contribution in [1.29, 1.82) is 0 Å². The summed E-state index contributed by atoms with van der Waals surface area (Å²) in [6, 6.07) is 5.44. The highest BCUT2D eigenvalue weighted by molar-refractivity contribution is 7.15. The summed E-state index contributed by atoms with van der Waals surface area (Å²) >= 11 is 1.52. The molecule has 0 atom stereocenters. The fourth-order valence-electron chi connectivity index (χ4n) is 1.95. The van der Waals surface area contributed by atoms with Gasteiger partial charge in [0.05, 0.1) is 23.1 Å². The first-order valence-corrected chi connectivity index (χ1v) is 7.03. The second-order valence-electron chi connectivity index (χ2n) is 4.64. The van der Waals surface area contributed by atoms with Gasteiger partial charge in [0.1, 0.15) is 0 Å². The number of hydrogen-bond acceptors (Lipinski definition) is 4. The molecule has 6 heteroatoms. The van der Waals surface area contributed by atoms with E-state index in [2.05, 4.69) is 15.0 Å². The fraction of sp³-hybridized carbons (Fsp3) is 0.214. The molecule has 0 radical (unpaired) electrons. The monoisotopic (exact) mass is 286 g/mol. The predicted octanol–water partition coefficient (Wildman–Crippen LogP) is 2.91. The first-order chi connectivity index (χ1) is 9.56. The van der Waals surface area contributed by atoms with E-state index in [4.69, 9.17) is 0 Å². The summed E-state index contributed by atoms with van der Waals surface area (Å²) in [4.78, 5) is 26.8. The van der Waals surface area contributed by atoms with Crippen molar-refractivity contribution in [2.24, 2.45) is 0 Å². The Morgan fingerprint density at radius 2 is 2.15 bits per heavy atom. The summed E-state index contributed by atoms with van der Waals surface area (Å²) in [5.74, 6) is -0.0738. The number of thiazole rings is 1. The topological polar surface area (TPSA) is 61.9 Å². The van der Waals surface area contributed by atoms with Gasteiger partial charge in [-0.05, 0) is 32.0 Å². The molecule has 5 nitrogen and oxygen atoms in total. The number of imidazole rings is 1. The van der Waals surface area contributed by atoms with Gasteiger partial charge in [-0.2, -0.15) is 0 Å². The molecule has 0 aliphatic carbocycles. The van der Waals surface area contributed by atoms with Crippen LogP contribution in [0.1, 0.15) is 20.9 Å². The summed E-state index contributed by atoms with van der Waals surface area (Å²) in [7, 11) is 1.75. The average molecular weight is 286 g/mol. The summed E-state index contributed by atoms with van der Waals surface area (Å²) in [5.41, 5.74) is 3.30. The standard InChI is InChI=1S/C14H14N4OS/c1-8-9(2)20-14(17-8)18(3)13(19)10-4-5-11-12(6-10)16-7-15-11/h4-7H,1-3H3,(H,15,16). The van der Waals surface area contributed by atoms with Gasteiger partial charge in [-0.15, -0.1) is 11.3 Å². The Bertz CT molecular complexity index is 770. The molecule has 3 aromatic rings. The van der Waals surface area contributed by atoms with Gasteiger partial charge in [0, 0.05) is 17.5 Å². The van der Waals surface area contributed by atoms with Crippen LogP contribution in [0.2, 0.25) is 0 Å². The molecular formula is C14H14N4OS. The van der Waals surface area contributed by atoms with E-state index < -0.39 is 0 Å². The number of H-pyrrole nitrogens is 1. The molecule has 0 bridgehead atoms. The predicted molar refractivity (Wildman–Crippen MR) is 80.4 cm³/mol. The van der Waals surface area contributed by atoms with Gasteiger partial charge in [0.25, 0.3) is 5.91 Å². The van der Waals surface area contributed by atoms with Crippen molar-refractivity contribution in [2.45, 2.75) is 13.8 Å². The van der Waals surface area contributed by atoms with Crippen molar-refractivity contribution < 1.29 is 4.79 Å². The van der Waals surface area contributed by atoms with E-state index in [0.29, 0.717) is 5.56 Å². The quantitative estimate of drug-likeness (QED) is 0.788. The Kier molecular flexibility index (Phi) is 3.02. The van der Waals surface area contributed by atoms with Gasteiger partial charge in [-0.25, -0.2) is 9.97 Å². The maximum atomic E-state index is 12.5. The number of aryl methyl sites for hydroxylation is 2. The first kappa shape index (κ1) is 12.8. The molecular weight excluding hydrogens is 272 g/mol. The van der Waals surface area contributed by atoms with Crippen LogP contribution in [0.3, 0.4) is 0 Å². The van der Waals surface area contributed by atoms with Crippen molar-refractivity contribution in [3.8, 4) is 0 Å². The molecule has 0 saturated heterocycles. The first-order valence-electron chi connectivity index (χ1n) is 6.21. The number of nitrogens with zero attached hydrogens (tertiary/aromatic N) is 3. The molecule has 20 heavy (non-hydrogen) atoms. The van der Waals surface area contributed by atoms with Crippen LogP contribution < -0.4 is 4.90 Å². The molecule has 0 fully saturated rings. The number of carbonyl (C=O) groups excluding carboxylic acids is 1. The molecule has 1 aromatic carbocycles. The van der Waals surface area contributed by atoms with E-state index in [-0.39, 0.29) is 5.91 Å². The molecule has 102 valence electrons. The Labute approximate surface area is 120 Å². The lowest BCUT2D eigenvalue weighted by Crippen LogP contribution is -2.26. The highest BCUT2D eigenvalue weighted by Gasteiger charge is 2.17. The van der Waals surface area contributed by atoms with Crippen LogP contribution in [0, 0.1) is 13.8 Å². The van der Waals surface area contributed by atoms with E-state index in [1.54, 1.807) is 24.3 Å². The Hall–Kier alpha value is -2.21. The van der Waals surface area contributed by atoms with Crippen LogP contribution >= 0.6 is 11.3 Å². The number of aromatic amines is 1. The Morgan fingerprint density at radius 3 is 2.85 bits per heavy atom. The smallest absolute Gasteiger partial charge is 0.259 e. The lowest BCUT2D eigenvalue weighted by molar-refractivity contribution is 0.0993. The van der Waals surface area contributed by atoms with Crippen LogP contribution in [-0.4, -0.2) is 27.9 Å². The lowest BCUT2D eigenvalue weighted by Gasteiger charge is -2.13. The van der Waals surface area contributed by atoms with Crippen molar-refractivity contribution in [2.75, 3.05) is 11.9 Å². The number of anilines is 1. The highest BCUT2D eigenvalue weighted by atomic mass is 32.1. The minimum Gasteiger partial charge on any atom is -0.345 e. The van der Waals surface area contributed by atoms with Gasteiger partial charge in [-0.3, -0.25) is 9.69 Å². The third kappa shape index (κ3) is 2.08. The molecule has 0 unspecified atom stereocenters. The Morgan fingerprint density at radius 1 is 1.35 bits per heavy atom. The number of nitrogens with one attached hydrogen (secondary N) is 1. The fourth-order valence-corrected chi connectivity index (χ4v) is 2.82. The van der Waals surface area contributed by atoms with Crippen LogP contribution in [-0.2, 0) is 0 Å². The number of rotatable bonds is 2. The van der Waals surface area contributed by atoms with E-state index in [1.807, 2.05) is 26.0 Å². The number of hydrogen-bond donors (Lipinski definition) is 1. The second-order valence-corrected chi connectivity index (χ2v) is 5.82. The number of aromatic nitrogens is 3.